The van der Waals surface area contributed by atoms with Gasteiger partial charge in [-0.15, -0.1) is 0 Å². The summed E-state index contributed by atoms with van der Waals surface area (Å²) in [6.07, 6.45) is 0.373. The number of amides is 1. The van der Waals surface area contributed by atoms with Crippen molar-refractivity contribution < 1.29 is 19.1 Å². The predicted octanol–water partition coefficient (Wildman–Crippen LogP) is 2.28. The molecule has 0 aromatic heterocycles. The van der Waals surface area contributed by atoms with E-state index in [0.29, 0.717) is 17.9 Å². The lowest BCUT2D eigenvalue weighted by molar-refractivity contribution is -0.143. The number of nitrogens with one attached hydrogen (secondary N) is 1. The summed E-state index contributed by atoms with van der Waals surface area (Å²) in [5.41, 5.74) is -1.14. The van der Waals surface area contributed by atoms with Gasteiger partial charge in [-0.3, -0.25) is 4.79 Å². The molecule has 0 saturated carbocycles. The van der Waals surface area contributed by atoms with Crippen LogP contribution in [0.5, 0.6) is 0 Å². The molecule has 1 aliphatic rings. The molecular formula is C12H11BrFNO3S. The lowest BCUT2D eigenvalue weighted by atomic mass is 9.98. The highest BCUT2D eigenvalue weighted by molar-refractivity contribution is 9.10. The van der Waals surface area contributed by atoms with E-state index >= 15 is 0 Å². The standard InChI is InChI=1S/C12H11BrFNO3S/c13-8-2-1-7(5-9(8)14)10(16)15-12(11(17)18)3-4-19-6-12/h1-2,5H,3-4,6H2,(H,15,16)(H,17,18)/t12-/m0/s1. The fourth-order valence-corrected chi connectivity index (χ4v) is 3.38. The van der Waals surface area contributed by atoms with E-state index in [1.165, 1.54) is 23.9 Å². The molecule has 0 bridgehead atoms. The summed E-state index contributed by atoms with van der Waals surface area (Å²) in [5.74, 6) is -1.17. The molecule has 0 unspecified atom stereocenters. The Balaban J connectivity index is 2.20. The zero-order valence-corrected chi connectivity index (χ0v) is 12.2. The first kappa shape index (κ1) is 14.3. The third-order valence-corrected chi connectivity index (χ3v) is 4.80. The Labute approximate surface area is 121 Å². The second-order valence-corrected chi connectivity index (χ2v) is 6.23. The average molecular weight is 348 g/mol. The quantitative estimate of drug-likeness (QED) is 0.880. The Hall–Kier alpha value is -1.08. The van der Waals surface area contributed by atoms with Gasteiger partial charge in [0, 0.05) is 11.3 Å². The van der Waals surface area contributed by atoms with Gasteiger partial charge in [0.2, 0.25) is 0 Å². The molecular weight excluding hydrogens is 337 g/mol. The Kier molecular flexibility index (Phi) is 4.15. The van der Waals surface area contributed by atoms with E-state index in [2.05, 4.69) is 21.2 Å². The molecule has 2 N–H and O–H groups in total. The number of halogens is 2. The summed E-state index contributed by atoms with van der Waals surface area (Å²) in [7, 11) is 0. The lowest BCUT2D eigenvalue weighted by Crippen LogP contribution is -2.54. The van der Waals surface area contributed by atoms with Crippen LogP contribution in [0, 0.1) is 5.82 Å². The number of carboxylic acid groups (broad SMARTS) is 1. The number of carboxylic acids is 1. The topological polar surface area (TPSA) is 66.4 Å². The van der Waals surface area contributed by atoms with Crippen LogP contribution < -0.4 is 5.32 Å². The fourth-order valence-electron chi connectivity index (χ4n) is 1.81. The second kappa shape index (κ2) is 5.50. The molecule has 1 saturated heterocycles. The molecule has 102 valence electrons. The van der Waals surface area contributed by atoms with Crippen molar-refractivity contribution >= 4 is 39.6 Å². The van der Waals surface area contributed by atoms with E-state index in [1.54, 1.807) is 0 Å². The number of carbonyl (C=O) groups excluding carboxylic acids is 1. The number of benzene rings is 1. The summed E-state index contributed by atoms with van der Waals surface area (Å²) in [4.78, 5) is 23.3. The Morgan fingerprint density at radius 3 is 2.74 bits per heavy atom. The molecule has 19 heavy (non-hydrogen) atoms. The van der Waals surface area contributed by atoms with Crippen LogP contribution in [0.1, 0.15) is 16.8 Å². The maximum atomic E-state index is 13.4. The van der Waals surface area contributed by atoms with Crippen molar-refractivity contribution in [3.8, 4) is 0 Å². The molecule has 2 rings (SSSR count). The van der Waals surface area contributed by atoms with Gasteiger partial charge < -0.3 is 10.4 Å². The number of aliphatic carboxylic acids is 1. The van der Waals surface area contributed by atoms with Crippen molar-refractivity contribution in [3.63, 3.8) is 0 Å². The molecule has 1 heterocycles. The van der Waals surface area contributed by atoms with Gasteiger partial charge in [0.05, 0.1) is 4.47 Å². The molecule has 0 spiro atoms. The van der Waals surface area contributed by atoms with Crippen molar-refractivity contribution in [3.05, 3.63) is 34.1 Å². The van der Waals surface area contributed by atoms with Crippen LogP contribution in [0.4, 0.5) is 4.39 Å². The second-order valence-electron chi connectivity index (χ2n) is 4.27. The van der Waals surface area contributed by atoms with Crippen LogP contribution in [0.25, 0.3) is 0 Å². The first-order valence-corrected chi connectivity index (χ1v) is 7.48. The van der Waals surface area contributed by atoms with E-state index in [4.69, 9.17) is 0 Å². The summed E-state index contributed by atoms with van der Waals surface area (Å²) in [6.45, 7) is 0. The number of rotatable bonds is 3. The maximum absolute atomic E-state index is 13.4. The summed E-state index contributed by atoms with van der Waals surface area (Å²) >= 11 is 4.47. The van der Waals surface area contributed by atoms with E-state index in [9.17, 15) is 19.1 Å². The van der Waals surface area contributed by atoms with Crippen LogP contribution in [-0.4, -0.2) is 34.0 Å². The van der Waals surface area contributed by atoms with Gasteiger partial charge in [-0.1, -0.05) is 0 Å². The fraction of sp³-hybridized carbons (Fsp3) is 0.333. The summed E-state index contributed by atoms with van der Waals surface area (Å²) < 4.78 is 13.6. The average Bonchev–Trinajstić information content (AvgIpc) is 2.82. The first-order valence-electron chi connectivity index (χ1n) is 5.53. The van der Waals surface area contributed by atoms with Crippen molar-refractivity contribution in [1.29, 1.82) is 0 Å². The van der Waals surface area contributed by atoms with Crippen molar-refractivity contribution in [2.45, 2.75) is 12.0 Å². The predicted molar refractivity (Wildman–Crippen MR) is 73.9 cm³/mol. The van der Waals surface area contributed by atoms with Crippen LogP contribution >= 0.6 is 27.7 Å². The minimum atomic E-state index is -1.24. The number of hydrogen-bond acceptors (Lipinski definition) is 3. The molecule has 1 aromatic rings. The van der Waals surface area contributed by atoms with Crippen molar-refractivity contribution in [2.75, 3.05) is 11.5 Å². The van der Waals surface area contributed by atoms with E-state index in [1.807, 2.05) is 0 Å². The van der Waals surface area contributed by atoms with Crippen LogP contribution in [-0.2, 0) is 4.79 Å². The van der Waals surface area contributed by atoms with Gasteiger partial charge in [0.15, 0.2) is 0 Å². The van der Waals surface area contributed by atoms with Gasteiger partial charge in [-0.05, 0) is 46.3 Å². The molecule has 1 atom stereocenters. The molecule has 0 aliphatic carbocycles. The van der Waals surface area contributed by atoms with Gasteiger partial charge in [0.1, 0.15) is 11.4 Å². The zero-order chi connectivity index (χ0) is 14.0. The Bertz CT molecular complexity index is 532. The lowest BCUT2D eigenvalue weighted by Gasteiger charge is -2.24. The van der Waals surface area contributed by atoms with Crippen LogP contribution in [0.3, 0.4) is 0 Å². The number of thioether (sulfide) groups is 1. The van der Waals surface area contributed by atoms with Gasteiger partial charge in [0.25, 0.3) is 5.91 Å². The number of hydrogen-bond donors (Lipinski definition) is 2. The normalized spacial score (nSPS) is 22.2. The maximum Gasteiger partial charge on any atom is 0.330 e. The van der Waals surface area contributed by atoms with Crippen molar-refractivity contribution in [2.24, 2.45) is 0 Å². The summed E-state index contributed by atoms with van der Waals surface area (Å²) in [5, 5.41) is 11.8. The molecule has 7 heteroatoms. The summed E-state index contributed by atoms with van der Waals surface area (Å²) in [6, 6.07) is 3.94. The molecule has 4 nitrogen and oxygen atoms in total. The SMILES string of the molecule is O=C(N[C@@]1(C(=O)O)CCSC1)c1ccc(Br)c(F)c1. The highest BCUT2D eigenvalue weighted by Crippen LogP contribution is 2.28. The first-order chi connectivity index (χ1) is 8.94. The Morgan fingerprint density at radius 2 is 2.21 bits per heavy atom. The molecule has 1 fully saturated rings. The largest absolute Gasteiger partial charge is 0.479 e. The molecule has 0 radical (unpaired) electrons. The van der Waals surface area contributed by atoms with E-state index in [-0.39, 0.29) is 10.0 Å². The monoisotopic (exact) mass is 347 g/mol. The minimum Gasteiger partial charge on any atom is -0.479 e. The molecule has 1 aromatic carbocycles. The van der Waals surface area contributed by atoms with Gasteiger partial charge in [-0.25, -0.2) is 9.18 Å². The van der Waals surface area contributed by atoms with E-state index in [0.717, 1.165) is 6.07 Å². The third-order valence-electron chi connectivity index (χ3n) is 2.97. The Morgan fingerprint density at radius 1 is 1.47 bits per heavy atom. The van der Waals surface area contributed by atoms with E-state index < -0.39 is 23.2 Å². The minimum absolute atomic E-state index is 0.109. The highest BCUT2D eigenvalue weighted by atomic mass is 79.9. The van der Waals surface area contributed by atoms with Crippen LogP contribution in [0.15, 0.2) is 22.7 Å². The van der Waals surface area contributed by atoms with Crippen LogP contribution in [0.2, 0.25) is 0 Å². The van der Waals surface area contributed by atoms with Gasteiger partial charge >= 0.3 is 5.97 Å². The van der Waals surface area contributed by atoms with Crippen molar-refractivity contribution in [1.82, 2.24) is 5.32 Å². The third kappa shape index (κ3) is 2.92. The molecule has 1 amide bonds. The van der Waals surface area contributed by atoms with Gasteiger partial charge in [-0.2, -0.15) is 11.8 Å². The molecule has 1 aliphatic heterocycles. The smallest absolute Gasteiger partial charge is 0.330 e. The number of carbonyl (C=O) groups is 2. The highest BCUT2D eigenvalue weighted by Gasteiger charge is 2.43. The zero-order valence-electron chi connectivity index (χ0n) is 9.78.